The molecule has 0 aliphatic rings. The predicted molar refractivity (Wildman–Crippen MR) is 117 cm³/mol. The lowest BCUT2D eigenvalue weighted by Crippen LogP contribution is -2.24. The van der Waals surface area contributed by atoms with Crippen LogP contribution in [0.1, 0.15) is 47.4 Å². The Morgan fingerprint density at radius 2 is 1.60 bits per heavy atom. The molecule has 0 radical (unpaired) electrons. The SMILES string of the molecule is CC(C)COc1ccc(C(=O)NCCCCN)cc1.COC(=O)c1ccc(O)cc1. The van der Waals surface area contributed by atoms with Gasteiger partial charge in [0, 0.05) is 12.1 Å². The van der Waals surface area contributed by atoms with Crippen LogP contribution in [-0.4, -0.2) is 43.8 Å². The first kappa shape index (κ1) is 25.0. The fourth-order valence-electron chi connectivity index (χ4n) is 2.25. The minimum absolute atomic E-state index is 0.0487. The Balaban J connectivity index is 0.000000346. The highest BCUT2D eigenvalue weighted by atomic mass is 16.5. The molecule has 0 aliphatic carbocycles. The van der Waals surface area contributed by atoms with E-state index in [4.69, 9.17) is 15.6 Å². The average Bonchev–Trinajstić information content (AvgIpc) is 2.76. The molecule has 0 heterocycles. The van der Waals surface area contributed by atoms with Gasteiger partial charge >= 0.3 is 5.97 Å². The first-order valence-electron chi connectivity index (χ1n) is 9.95. The van der Waals surface area contributed by atoms with Crippen molar-refractivity contribution in [3.05, 3.63) is 59.7 Å². The van der Waals surface area contributed by atoms with Gasteiger partial charge in [0.25, 0.3) is 5.91 Å². The maximum absolute atomic E-state index is 11.8. The summed E-state index contributed by atoms with van der Waals surface area (Å²) in [5, 5.41) is 11.7. The zero-order valence-corrected chi connectivity index (χ0v) is 17.9. The van der Waals surface area contributed by atoms with E-state index in [2.05, 4.69) is 23.9 Å². The Bertz CT molecular complexity index is 758. The normalized spacial score (nSPS) is 10.0. The van der Waals surface area contributed by atoms with Gasteiger partial charge in [-0.05, 0) is 73.8 Å². The summed E-state index contributed by atoms with van der Waals surface area (Å²) in [6, 6.07) is 13.1. The van der Waals surface area contributed by atoms with E-state index in [0.29, 0.717) is 36.7 Å². The quantitative estimate of drug-likeness (QED) is 0.427. The van der Waals surface area contributed by atoms with Crippen molar-refractivity contribution in [2.75, 3.05) is 26.8 Å². The van der Waals surface area contributed by atoms with Crippen molar-refractivity contribution in [3.63, 3.8) is 0 Å². The van der Waals surface area contributed by atoms with Crippen LogP contribution >= 0.6 is 0 Å². The van der Waals surface area contributed by atoms with Crippen LogP contribution in [0.25, 0.3) is 0 Å². The van der Waals surface area contributed by atoms with Gasteiger partial charge in [-0.2, -0.15) is 0 Å². The van der Waals surface area contributed by atoms with Crippen LogP contribution in [0, 0.1) is 5.92 Å². The second-order valence-electron chi connectivity index (χ2n) is 7.02. The summed E-state index contributed by atoms with van der Waals surface area (Å²) in [5.74, 6) is 0.981. The van der Waals surface area contributed by atoms with Crippen LogP contribution < -0.4 is 15.8 Å². The molecular weight excluding hydrogens is 384 g/mol. The third kappa shape index (κ3) is 9.93. The summed E-state index contributed by atoms with van der Waals surface area (Å²) >= 11 is 0. The highest BCUT2D eigenvalue weighted by Crippen LogP contribution is 2.13. The maximum Gasteiger partial charge on any atom is 0.337 e. The molecule has 0 aliphatic heterocycles. The van der Waals surface area contributed by atoms with Gasteiger partial charge in [0.15, 0.2) is 0 Å². The molecule has 7 nitrogen and oxygen atoms in total. The number of phenolic OH excluding ortho intramolecular Hbond substituents is 1. The second-order valence-corrected chi connectivity index (χ2v) is 7.02. The molecule has 0 aromatic heterocycles. The molecular formula is C23H32N2O5. The number of phenols is 1. The van der Waals surface area contributed by atoms with Crippen molar-refractivity contribution in [1.82, 2.24) is 5.32 Å². The van der Waals surface area contributed by atoms with Gasteiger partial charge in [-0.3, -0.25) is 4.79 Å². The number of carbonyl (C=O) groups is 2. The molecule has 0 saturated heterocycles. The van der Waals surface area contributed by atoms with Gasteiger partial charge in [-0.15, -0.1) is 0 Å². The Morgan fingerprint density at radius 1 is 1.00 bits per heavy atom. The molecule has 2 aromatic carbocycles. The van der Waals surface area contributed by atoms with Crippen molar-refractivity contribution in [2.45, 2.75) is 26.7 Å². The average molecular weight is 417 g/mol. The lowest BCUT2D eigenvalue weighted by Gasteiger charge is -2.09. The van der Waals surface area contributed by atoms with Crippen LogP contribution in [-0.2, 0) is 4.74 Å². The molecule has 4 N–H and O–H groups in total. The molecule has 0 saturated carbocycles. The molecule has 30 heavy (non-hydrogen) atoms. The molecule has 164 valence electrons. The standard InChI is InChI=1S/C15H24N2O2.C8H8O3/c1-12(2)11-19-14-7-5-13(6-8-14)15(18)17-10-4-3-9-16;1-11-8(10)6-2-4-7(9)5-3-6/h5-8,12H,3-4,9-11,16H2,1-2H3,(H,17,18);2-5,9H,1H3. The molecule has 7 heteroatoms. The third-order valence-electron chi connectivity index (χ3n) is 3.90. The minimum Gasteiger partial charge on any atom is -0.508 e. The van der Waals surface area contributed by atoms with E-state index >= 15 is 0 Å². The highest BCUT2D eigenvalue weighted by molar-refractivity contribution is 5.94. The third-order valence-corrected chi connectivity index (χ3v) is 3.90. The number of nitrogens with one attached hydrogen (secondary N) is 1. The lowest BCUT2D eigenvalue weighted by molar-refractivity contribution is 0.0600. The molecule has 0 atom stereocenters. The number of hydrogen-bond acceptors (Lipinski definition) is 6. The van der Waals surface area contributed by atoms with Crippen LogP contribution in [0.15, 0.2) is 48.5 Å². The molecule has 2 rings (SSSR count). The summed E-state index contributed by atoms with van der Waals surface area (Å²) in [4.78, 5) is 22.6. The van der Waals surface area contributed by atoms with Crippen LogP contribution in [0.2, 0.25) is 0 Å². The highest BCUT2D eigenvalue weighted by Gasteiger charge is 2.05. The van der Waals surface area contributed by atoms with E-state index in [0.717, 1.165) is 18.6 Å². The monoisotopic (exact) mass is 416 g/mol. The Kier molecular flexibility index (Phi) is 11.7. The minimum atomic E-state index is -0.398. The number of unbranched alkanes of at least 4 members (excludes halogenated alkanes) is 1. The number of carbonyl (C=O) groups excluding carboxylic acids is 2. The van der Waals surface area contributed by atoms with E-state index in [1.54, 1.807) is 12.1 Å². The number of rotatable bonds is 9. The van der Waals surface area contributed by atoms with Crippen LogP contribution in [0.3, 0.4) is 0 Å². The van der Waals surface area contributed by atoms with Crippen molar-refractivity contribution in [1.29, 1.82) is 0 Å². The predicted octanol–water partition coefficient (Wildman–Crippen LogP) is 3.37. The molecule has 0 spiro atoms. The molecule has 2 aromatic rings. The van der Waals surface area contributed by atoms with Gasteiger partial charge in [-0.25, -0.2) is 4.79 Å². The van der Waals surface area contributed by atoms with Gasteiger partial charge in [-0.1, -0.05) is 13.8 Å². The number of hydrogen-bond donors (Lipinski definition) is 3. The first-order valence-corrected chi connectivity index (χ1v) is 9.95. The van der Waals surface area contributed by atoms with E-state index in [1.807, 2.05) is 12.1 Å². The van der Waals surface area contributed by atoms with E-state index in [9.17, 15) is 9.59 Å². The zero-order chi connectivity index (χ0) is 22.4. The molecule has 1 amide bonds. The van der Waals surface area contributed by atoms with Gasteiger partial charge in [0.2, 0.25) is 0 Å². The Labute approximate surface area is 178 Å². The van der Waals surface area contributed by atoms with Crippen molar-refractivity contribution in [3.8, 4) is 11.5 Å². The maximum atomic E-state index is 11.8. The molecule has 0 bridgehead atoms. The van der Waals surface area contributed by atoms with Crippen molar-refractivity contribution in [2.24, 2.45) is 11.7 Å². The Hall–Kier alpha value is -3.06. The van der Waals surface area contributed by atoms with E-state index in [-0.39, 0.29) is 11.7 Å². The summed E-state index contributed by atoms with van der Waals surface area (Å²) < 4.78 is 10.0. The molecule has 0 unspecified atom stereocenters. The summed E-state index contributed by atoms with van der Waals surface area (Å²) in [7, 11) is 1.31. The van der Waals surface area contributed by atoms with E-state index < -0.39 is 5.97 Å². The lowest BCUT2D eigenvalue weighted by atomic mass is 10.2. The number of esters is 1. The van der Waals surface area contributed by atoms with E-state index in [1.165, 1.54) is 31.4 Å². The first-order chi connectivity index (χ1) is 14.4. The fourth-order valence-corrected chi connectivity index (χ4v) is 2.25. The van der Waals surface area contributed by atoms with Crippen LogP contribution in [0.5, 0.6) is 11.5 Å². The fraction of sp³-hybridized carbons (Fsp3) is 0.391. The Morgan fingerprint density at radius 3 is 2.13 bits per heavy atom. The number of benzene rings is 2. The van der Waals surface area contributed by atoms with Gasteiger partial charge in [0.05, 0.1) is 19.3 Å². The largest absolute Gasteiger partial charge is 0.508 e. The smallest absolute Gasteiger partial charge is 0.337 e. The zero-order valence-electron chi connectivity index (χ0n) is 17.9. The topological polar surface area (TPSA) is 111 Å². The summed E-state index contributed by atoms with van der Waals surface area (Å²) in [5.41, 5.74) is 6.49. The van der Waals surface area contributed by atoms with Crippen molar-refractivity contribution < 1.29 is 24.2 Å². The number of methoxy groups -OCH3 is 1. The number of aromatic hydroxyl groups is 1. The van der Waals surface area contributed by atoms with Crippen molar-refractivity contribution >= 4 is 11.9 Å². The summed E-state index contributed by atoms with van der Waals surface area (Å²) in [6.45, 7) is 6.22. The van der Waals surface area contributed by atoms with Gasteiger partial charge in [0.1, 0.15) is 11.5 Å². The second kappa shape index (κ2) is 14.0. The summed E-state index contributed by atoms with van der Waals surface area (Å²) in [6.07, 6.45) is 1.85. The molecule has 0 fully saturated rings. The number of nitrogens with two attached hydrogens (primary N) is 1. The number of ether oxygens (including phenoxy) is 2. The van der Waals surface area contributed by atoms with Gasteiger partial charge < -0.3 is 25.6 Å². The number of amides is 1. The van der Waals surface area contributed by atoms with Crippen LogP contribution in [0.4, 0.5) is 0 Å².